The first-order chi connectivity index (χ1) is 8.93. The first-order valence-electron chi connectivity index (χ1n) is 6.02. The minimum absolute atomic E-state index is 0.0940. The zero-order chi connectivity index (χ0) is 14.4. The molecule has 0 bridgehead atoms. The number of aromatic nitrogens is 1. The van der Waals surface area contributed by atoms with Gasteiger partial charge in [0.1, 0.15) is 10.9 Å². The highest BCUT2D eigenvalue weighted by Crippen LogP contribution is 2.19. The van der Waals surface area contributed by atoms with Gasteiger partial charge in [-0.1, -0.05) is 25.2 Å². The third-order valence-corrected chi connectivity index (χ3v) is 3.22. The van der Waals surface area contributed by atoms with Gasteiger partial charge in [0.2, 0.25) is 5.91 Å². The van der Waals surface area contributed by atoms with Crippen LogP contribution in [0.3, 0.4) is 0 Å². The van der Waals surface area contributed by atoms with Gasteiger partial charge in [0.05, 0.1) is 13.3 Å². The monoisotopic (exact) mass is 285 g/mol. The summed E-state index contributed by atoms with van der Waals surface area (Å²) in [6.45, 7) is 6.44. The molecule has 1 aromatic heterocycles. The molecule has 0 aliphatic carbocycles. The lowest BCUT2D eigenvalue weighted by Crippen LogP contribution is -2.39. The van der Waals surface area contributed by atoms with Crippen molar-refractivity contribution in [3.05, 3.63) is 11.1 Å². The van der Waals surface area contributed by atoms with Crippen LogP contribution in [0.4, 0.5) is 5.13 Å². The first-order valence-corrected chi connectivity index (χ1v) is 6.84. The topological polar surface area (TPSA) is 80.3 Å². The summed E-state index contributed by atoms with van der Waals surface area (Å²) in [6, 6.07) is -0.407. The number of rotatable bonds is 6. The predicted octanol–water partition coefficient (Wildman–Crippen LogP) is 1.50. The Hall–Kier alpha value is -1.63. The number of carbonyl (C=O) groups excluding carboxylic acids is 2. The molecule has 0 spiro atoms. The third-order valence-electron chi connectivity index (χ3n) is 2.31. The molecule has 1 aromatic rings. The number of esters is 1. The molecule has 1 amide bonds. The van der Waals surface area contributed by atoms with Crippen LogP contribution in [0.25, 0.3) is 0 Å². The second-order valence-corrected chi connectivity index (χ2v) is 5.56. The van der Waals surface area contributed by atoms with Gasteiger partial charge in [-0.2, -0.15) is 0 Å². The van der Waals surface area contributed by atoms with Crippen molar-refractivity contribution in [1.29, 1.82) is 0 Å². The van der Waals surface area contributed by atoms with Gasteiger partial charge in [-0.25, -0.2) is 9.78 Å². The molecule has 0 aliphatic heterocycles. The van der Waals surface area contributed by atoms with Crippen molar-refractivity contribution in [3.63, 3.8) is 0 Å². The molecule has 0 aliphatic rings. The summed E-state index contributed by atoms with van der Waals surface area (Å²) in [4.78, 5) is 27.5. The number of amides is 1. The molecule has 0 saturated heterocycles. The largest absolute Gasteiger partial charge is 0.465 e. The van der Waals surface area contributed by atoms with Crippen LogP contribution in [0.2, 0.25) is 0 Å². The maximum Gasteiger partial charge on any atom is 0.349 e. The van der Waals surface area contributed by atoms with Crippen molar-refractivity contribution in [3.8, 4) is 0 Å². The number of ether oxygens (including phenoxy) is 1. The van der Waals surface area contributed by atoms with Gasteiger partial charge in [0.25, 0.3) is 0 Å². The van der Waals surface area contributed by atoms with Crippen molar-refractivity contribution in [2.45, 2.75) is 26.8 Å². The van der Waals surface area contributed by atoms with Crippen molar-refractivity contribution in [2.24, 2.45) is 5.92 Å². The molecular weight excluding hydrogens is 266 g/mol. The SMILES string of the molecule is COC(=O)c1cnc(NC(C)C(=O)NCC(C)C)s1. The molecule has 7 heteroatoms. The van der Waals surface area contributed by atoms with Crippen LogP contribution in [0.5, 0.6) is 0 Å². The maximum atomic E-state index is 11.8. The van der Waals surface area contributed by atoms with E-state index in [0.29, 0.717) is 22.5 Å². The van der Waals surface area contributed by atoms with E-state index < -0.39 is 12.0 Å². The Balaban J connectivity index is 2.52. The van der Waals surface area contributed by atoms with Gasteiger partial charge in [0.15, 0.2) is 5.13 Å². The van der Waals surface area contributed by atoms with Crippen molar-refractivity contribution in [2.75, 3.05) is 19.0 Å². The number of carbonyl (C=O) groups is 2. The lowest BCUT2D eigenvalue weighted by atomic mass is 10.2. The maximum absolute atomic E-state index is 11.8. The third kappa shape index (κ3) is 4.86. The standard InChI is InChI=1S/C12H19N3O3S/c1-7(2)5-13-10(16)8(3)15-12-14-6-9(19-12)11(17)18-4/h6-8H,5H2,1-4H3,(H,13,16)(H,14,15). The second kappa shape index (κ2) is 7.08. The number of thiazole rings is 1. The van der Waals surface area contributed by atoms with Crippen LogP contribution in [-0.4, -0.2) is 36.6 Å². The molecule has 19 heavy (non-hydrogen) atoms. The number of anilines is 1. The Kier molecular flexibility index (Phi) is 5.75. The molecule has 1 heterocycles. The average molecular weight is 285 g/mol. The number of methoxy groups -OCH3 is 1. The van der Waals surface area contributed by atoms with Crippen molar-refractivity contribution < 1.29 is 14.3 Å². The second-order valence-electron chi connectivity index (χ2n) is 4.53. The number of hydrogen-bond donors (Lipinski definition) is 2. The smallest absolute Gasteiger partial charge is 0.349 e. The van der Waals surface area contributed by atoms with Gasteiger partial charge in [-0.15, -0.1) is 0 Å². The fourth-order valence-electron chi connectivity index (χ4n) is 1.24. The highest BCUT2D eigenvalue weighted by molar-refractivity contribution is 7.17. The van der Waals surface area contributed by atoms with E-state index >= 15 is 0 Å². The summed E-state index contributed by atoms with van der Waals surface area (Å²) in [6.07, 6.45) is 1.43. The van der Waals surface area contributed by atoms with E-state index in [-0.39, 0.29) is 5.91 Å². The fraction of sp³-hybridized carbons (Fsp3) is 0.583. The fourth-order valence-corrected chi connectivity index (χ4v) is 2.07. The van der Waals surface area contributed by atoms with Crippen LogP contribution < -0.4 is 10.6 Å². The molecule has 2 N–H and O–H groups in total. The Morgan fingerprint density at radius 3 is 2.68 bits per heavy atom. The van der Waals surface area contributed by atoms with Gasteiger partial charge < -0.3 is 15.4 Å². The van der Waals surface area contributed by atoms with E-state index in [1.807, 2.05) is 13.8 Å². The number of nitrogens with zero attached hydrogens (tertiary/aromatic N) is 1. The summed E-state index contributed by atoms with van der Waals surface area (Å²) in [5.74, 6) is -0.118. The minimum atomic E-state index is -0.428. The zero-order valence-electron chi connectivity index (χ0n) is 11.5. The molecular formula is C12H19N3O3S. The lowest BCUT2D eigenvalue weighted by Gasteiger charge is -2.14. The van der Waals surface area contributed by atoms with E-state index in [2.05, 4.69) is 20.4 Å². The predicted molar refractivity (Wildman–Crippen MR) is 74.4 cm³/mol. The Morgan fingerprint density at radius 1 is 1.42 bits per heavy atom. The van der Waals surface area contributed by atoms with Crippen LogP contribution in [0.1, 0.15) is 30.4 Å². The van der Waals surface area contributed by atoms with Crippen LogP contribution in [0, 0.1) is 5.92 Å². The summed E-state index contributed by atoms with van der Waals surface area (Å²) >= 11 is 1.16. The highest BCUT2D eigenvalue weighted by atomic mass is 32.1. The molecule has 0 radical (unpaired) electrons. The van der Waals surface area contributed by atoms with Crippen molar-refractivity contribution >= 4 is 28.3 Å². The molecule has 0 fully saturated rings. The van der Waals surface area contributed by atoms with E-state index in [1.165, 1.54) is 13.3 Å². The van der Waals surface area contributed by atoms with E-state index in [0.717, 1.165) is 11.3 Å². The quantitative estimate of drug-likeness (QED) is 0.774. The van der Waals surface area contributed by atoms with Crippen LogP contribution in [0.15, 0.2) is 6.20 Å². The van der Waals surface area contributed by atoms with Gasteiger partial charge in [-0.05, 0) is 12.8 Å². The van der Waals surface area contributed by atoms with Crippen molar-refractivity contribution in [1.82, 2.24) is 10.3 Å². The zero-order valence-corrected chi connectivity index (χ0v) is 12.3. The molecule has 1 unspecified atom stereocenters. The number of hydrogen-bond acceptors (Lipinski definition) is 6. The first kappa shape index (κ1) is 15.4. The van der Waals surface area contributed by atoms with Gasteiger partial charge in [-0.3, -0.25) is 4.79 Å². The Morgan fingerprint density at radius 2 is 2.11 bits per heavy atom. The molecule has 1 atom stereocenters. The van der Waals surface area contributed by atoms with E-state index in [9.17, 15) is 9.59 Å². The molecule has 6 nitrogen and oxygen atoms in total. The minimum Gasteiger partial charge on any atom is -0.465 e. The molecule has 106 valence electrons. The van der Waals surface area contributed by atoms with Gasteiger partial charge in [0, 0.05) is 6.54 Å². The molecule has 0 saturated carbocycles. The van der Waals surface area contributed by atoms with E-state index in [1.54, 1.807) is 6.92 Å². The van der Waals surface area contributed by atoms with Gasteiger partial charge >= 0.3 is 5.97 Å². The average Bonchev–Trinajstić information content (AvgIpc) is 2.83. The Labute approximate surface area is 116 Å². The van der Waals surface area contributed by atoms with Crippen LogP contribution in [-0.2, 0) is 9.53 Å². The Bertz CT molecular complexity index is 445. The number of nitrogens with one attached hydrogen (secondary N) is 2. The lowest BCUT2D eigenvalue weighted by molar-refractivity contribution is -0.121. The normalized spacial score (nSPS) is 12.1. The summed E-state index contributed by atoms with van der Waals surface area (Å²) < 4.78 is 4.59. The molecule has 1 rings (SSSR count). The van der Waals surface area contributed by atoms with E-state index in [4.69, 9.17) is 0 Å². The molecule has 0 aromatic carbocycles. The summed E-state index contributed by atoms with van der Waals surface area (Å²) in [5, 5.41) is 6.30. The highest BCUT2D eigenvalue weighted by Gasteiger charge is 2.16. The summed E-state index contributed by atoms with van der Waals surface area (Å²) in [7, 11) is 1.32. The summed E-state index contributed by atoms with van der Waals surface area (Å²) in [5.41, 5.74) is 0. The van der Waals surface area contributed by atoms with Crippen LogP contribution >= 0.6 is 11.3 Å².